The van der Waals surface area contributed by atoms with Crippen LogP contribution in [0, 0.1) is 5.82 Å². The van der Waals surface area contributed by atoms with Crippen LogP contribution in [0.1, 0.15) is 0 Å². The van der Waals surface area contributed by atoms with Crippen LogP contribution in [-0.2, 0) is 4.74 Å². The molecule has 0 saturated carbocycles. The molecule has 6 heteroatoms. The summed E-state index contributed by atoms with van der Waals surface area (Å²) in [5, 5.41) is 2.73. The fourth-order valence-corrected chi connectivity index (χ4v) is 0.874. The summed E-state index contributed by atoms with van der Waals surface area (Å²) in [5.41, 5.74) is 0. The van der Waals surface area contributed by atoms with Crippen molar-refractivity contribution in [2.45, 2.75) is 0 Å². The molecule has 0 aliphatic carbocycles. The molecule has 1 aromatic heterocycles. The maximum Gasteiger partial charge on any atom is 0.224 e. The summed E-state index contributed by atoms with van der Waals surface area (Å²) in [5.74, 6) is -0.433. The Labute approximate surface area is 80.1 Å². The Morgan fingerprint density at radius 1 is 1.69 bits per heavy atom. The molecule has 0 bridgehead atoms. The first kappa shape index (κ1) is 10.1. The normalized spacial score (nSPS) is 10.1. The predicted octanol–water partition coefficient (Wildman–Crippen LogP) is 1.33. The molecule has 0 amide bonds. The van der Waals surface area contributed by atoms with Gasteiger partial charge in [-0.3, -0.25) is 0 Å². The highest BCUT2D eigenvalue weighted by Crippen LogP contribution is 2.10. The van der Waals surface area contributed by atoms with E-state index in [0.29, 0.717) is 13.2 Å². The SMILES string of the molecule is COCCNc1nc(Cl)ncc1F. The van der Waals surface area contributed by atoms with Gasteiger partial charge in [-0.15, -0.1) is 0 Å². The highest BCUT2D eigenvalue weighted by molar-refractivity contribution is 6.28. The molecule has 72 valence electrons. The van der Waals surface area contributed by atoms with Crippen molar-refractivity contribution in [2.75, 3.05) is 25.6 Å². The molecule has 0 aliphatic heterocycles. The van der Waals surface area contributed by atoms with Crippen molar-refractivity contribution < 1.29 is 9.13 Å². The summed E-state index contributed by atoms with van der Waals surface area (Å²) in [6.07, 6.45) is 1.02. The van der Waals surface area contributed by atoms with Crippen molar-refractivity contribution >= 4 is 17.4 Å². The van der Waals surface area contributed by atoms with Gasteiger partial charge in [0.25, 0.3) is 0 Å². The molecule has 0 aliphatic rings. The fraction of sp³-hybridized carbons (Fsp3) is 0.429. The third kappa shape index (κ3) is 3.12. The third-order valence-corrected chi connectivity index (χ3v) is 1.50. The summed E-state index contributed by atoms with van der Waals surface area (Å²) in [4.78, 5) is 7.13. The van der Waals surface area contributed by atoms with E-state index in [1.54, 1.807) is 7.11 Å². The minimum absolute atomic E-state index is 0.0151. The monoisotopic (exact) mass is 205 g/mol. The van der Waals surface area contributed by atoms with E-state index in [1.165, 1.54) is 0 Å². The molecule has 0 aromatic carbocycles. The summed E-state index contributed by atoms with van der Waals surface area (Å²) >= 11 is 5.47. The van der Waals surface area contributed by atoms with Crippen LogP contribution in [0.5, 0.6) is 0 Å². The predicted molar refractivity (Wildman–Crippen MR) is 47.4 cm³/mol. The summed E-state index contributed by atoms with van der Waals surface area (Å²) in [7, 11) is 1.56. The van der Waals surface area contributed by atoms with Crippen molar-refractivity contribution in [3.63, 3.8) is 0 Å². The number of nitrogens with one attached hydrogen (secondary N) is 1. The van der Waals surface area contributed by atoms with Gasteiger partial charge in [-0.2, -0.15) is 4.98 Å². The molecule has 1 N–H and O–H groups in total. The lowest BCUT2D eigenvalue weighted by Crippen LogP contribution is -2.10. The van der Waals surface area contributed by atoms with Crippen LogP contribution >= 0.6 is 11.6 Å². The van der Waals surface area contributed by atoms with E-state index >= 15 is 0 Å². The maximum absolute atomic E-state index is 12.9. The number of ether oxygens (including phenoxy) is 1. The van der Waals surface area contributed by atoms with Crippen molar-refractivity contribution in [2.24, 2.45) is 0 Å². The smallest absolute Gasteiger partial charge is 0.224 e. The van der Waals surface area contributed by atoms with Crippen LogP contribution in [0.25, 0.3) is 0 Å². The molecule has 0 spiro atoms. The van der Waals surface area contributed by atoms with E-state index in [4.69, 9.17) is 16.3 Å². The molecule has 0 saturated heterocycles. The molecule has 13 heavy (non-hydrogen) atoms. The quantitative estimate of drug-likeness (QED) is 0.595. The molecule has 4 nitrogen and oxygen atoms in total. The molecule has 1 aromatic rings. The van der Waals surface area contributed by atoms with Gasteiger partial charge in [0.05, 0.1) is 12.8 Å². The first-order valence-electron chi connectivity index (χ1n) is 3.65. The lowest BCUT2D eigenvalue weighted by Gasteiger charge is -2.04. The molecule has 0 radical (unpaired) electrons. The molecule has 0 atom stereocenters. The van der Waals surface area contributed by atoms with Gasteiger partial charge in [0.2, 0.25) is 5.28 Å². The number of rotatable bonds is 4. The van der Waals surface area contributed by atoms with Gasteiger partial charge in [0.15, 0.2) is 11.6 Å². The van der Waals surface area contributed by atoms with E-state index in [-0.39, 0.29) is 11.1 Å². The summed E-state index contributed by atoms with van der Waals surface area (Å²) < 4.78 is 17.7. The molecular weight excluding hydrogens is 197 g/mol. The van der Waals surface area contributed by atoms with Crippen LogP contribution < -0.4 is 5.32 Å². The zero-order valence-corrected chi connectivity index (χ0v) is 7.81. The first-order chi connectivity index (χ1) is 6.24. The van der Waals surface area contributed by atoms with Crippen LogP contribution in [0.15, 0.2) is 6.20 Å². The highest BCUT2D eigenvalue weighted by Gasteiger charge is 2.03. The van der Waals surface area contributed by atoms with Crippen LogP contribution in [0.4, 0.5) is 10.2 Å². The third-order valence-electron chi connectivity index (χ3n) is 1.31. The Bertz CT molecular complexity index is 284. The average molecular weight is 206 g/mol. The van der Waals surface area contributed by atoms with Gasteiger partial charge in [-0.25, -0.2) is 9.37 Å². The Balaban J connectivity index is 2.59. The molecule has 0 unspecified atom stereocenters. The number of methoxy groups -OCH3 is 1. The molecule has 1 rings (SSSR count). The van der Waals surface area contributed by atoms with Gasteiger partial charge < -0.3 is 10.1 Å². The van der Waals surface area contributed by atoms with Gasteiger partial charge >= 0.3 is 0 Å². The van der Waals surface area contributed by atoms with Crippen molar-refractivity contribution in [3.8, 4) is 0 Å². The first-order valence-corrected chi connectivity index (χ1v) is 4.02. The zero-order chi connectivity index (χ0) is 9.68. The lowest BCUT2D eigenvalue weighted by molar-refractivity contribution is 0.210. The number of aromatic nitrogens is 2. The number of anilines is 1. The number of hydrogen-bond acceptors (Lipinski definition) is 4. The lowest BCUT2D eigenvalue weighted by atomic mass is 10.5. The standard InChI is InChI=1S/C7H9ClFN3O/c1-13-3-2-10-6-5(9)4-11-7(8)12-6/h4H,2-3H2,1H3,(H,10,11,12). The second kappa shape index (κ2) is 4.94. The maximum atomic E-state index is 12.9. The van der Waals surface area contributed by atoms with E-state index in [2.05, 4.69) is 15.3 Å². The number of hydrogen-bond donors (Lipinski definition) is 1. The van der Waals surface area contributed by atoms with Crippen molar-refractivity contribution in [1.82, 2.24) is 9.97 Å². The van der Waals surface area contributed by atoms with Crippen LogP contribution in [0.3, 0.4) is 0 Å². The zero-order valence-electron chi connectivity index (χ0n) is 7.05. The van der Waals surface area contributed by atoms with Crippen molar-refractivity contribution in [3.05, 3.63) is 17.3 Å². The van der Waals surface area contributed by atoms with Gasteiger partial charge in [0.1, 0.15) is 0 Å². The Morgan fingerprint density at radius 3 is 3.15 bits per heavy atom. The van der Waals surface area contributed by atoms with E-state index < -0.39 is 5.82 Å². The minimum atomic E-state index is -0.527. The molecule has 0 fully saturated rings. The fourth-order valence-electron chi connectivity index (χ4n) is 0.741. The molecular formula is C7H9ClFN3O. The van der Waals surface area contributed by atoms with Gasteiger partial charge in [-0.05, 0) is 11.6 Å². The Morgan fingerprint density at radius 2 is 2.46 bits per heavy atom. The van der Waals surface area contributed by atoms with E-state index in [1.807, 2.05) is 0 Å². The average Bonchev–Trinajstić information content (AvgIpc) is 2.11. The Kier molecular flexibility index (Phi) is 3.85. The minimum Gasteiger partial charge on any atom is -0.383 e. The second-order valence-electron chi connectivity index (χ2n) is 2.26. The summed E-state index contributed by atoms with van der Waals surface area (Å²) in [6.45, 7) is 0.946. The summed E-state index contributed by atoms with van der Waals surface area (Å²) in [6, 6.07) is 0. The van der Waals surface area contributed by atoms with Crippen LogP contribution in [-0.4, -0.2) is 30.2 Å². The number of nitrogens with zero attached hydrogens (tertiary/aromatic N) is 2. The number of halogens is 2. The van der Waals surface area contributed by atoms with Crippen molar-refractivity contribution in [1.29, 1.82) is 0 Å². The van der Waals surface area contributed by atoms with Crippen LogP contribution in [0.2, 0.25) is 5.28 Å². The largest absolute Gasteiger partial charge is 0.383 e. The van der Waals surface area contributed by atoms with Gasteiger partial charge in [0, 0.05) is 13.7 Å². The molecule has 1 heterocycles. The topological polar surface area (TPSA) is 47.0 Å². The van der Waals surface area contributed by atoms with E-state index in [0.717, 1.165) is 6.20 Å². The Hall–Kier alpha value is -0.940. The highest BCUT2D eigenvalue weighted by atomic mass is 35.5. The van der Waals surface area contributed by atoms with E-state index in [9.17, 15) is 4.39 Å². The second-order valence-corrected chi connectivity index (χ2v) is 2.59. The van der Waals surface area contributed by atoms with Gasteiger partial charge in [-0.1, -0.05) is 0 Å².